The van der Waals surface area contributed by atoms with Gasteiger partial charge in [-0.1, -0.05) is 19.0 Å². The Morgan fingerprint density at radius 2 is 2.19 bits per heavy atom. The van der Waals surface area contributed by atoms with Gasteiger partial charge in [0.2, 0.25) is 11.7 Å². The molecule has 0 spiro atoms. The van der Waals surface area contributed by atoms with Crippen LogP contribution in [0.25, 0.3) is 11.4 Å². The Hall–Kier alpha value is -1.69. The molecule has 86 valence electrons. The fourth-order valence-corrected chi connectivity index (χ4v) is 1.31. The third-order valence-electron chi connectivity index (χ3n) is 2.41. The highest BCUT2D eigenvalue weighted by Gasteiger charge is 2.18. The molecule has 2 aromatic rings. The summed E-state index contributed by atoms with van der Waals surface area (Å²) in [6.45, 7) is 4.03. The van der Waals surface area contributed by atoms with Gasteiger partial charge in [-0.05, 0) is 5.92 Å². The lowest BCUT2D eigenvalue weighted by atomic mass is 10.1. The summed E-state index contributed by atoms with van der Waals surface area (Å²) >= 11 is 0. The SMILES string of the molecule is CC(C)[C@H](N)c1nc(-c2cnn(C)c2)no1. The fraction of sp³-hybridized carbons (Fsp3) is 0.500. The second-order valence-corrected chi connectivity index (χ2v) is 4.13. The quantitative estimate of drug-likeness (QED) is 0.839. The number of aromatic nitrogens is 4. The predicted octanol–water partition coefficient (Wildman–Crippen LogP) is 1.13. The zero-order valence-corrected chi connectivity index (χ0v) is 9.58. The van der Waals surface area contributed by atoms with Crippen molar-refractivity contribution in [3.63, 3.8) is 0 Å². The van der Waals surface area contributed by atoms with Crippen LogP contribution in [-0.2, 0) is 7.05 Å². The number of hydrogen-bond donors (Lipinski definition) is 1. The van der Waals surface area contributed by atoms with Gasteiger partial charge in [-0.3, -0.25) is 4.68 Å². The molecule has 1 atom stereocenters. The number of rotatable bonds is 3. The molecule has 0 unspecified atom stereocenters. The lowest BCUT2D eigenvalue weighted by Gasteiger charge is -2.08. The van der Waals surface area contributed by atoms with E-state index < -0.39 is 0 Å². The maximum Gasteiger partial charge on any atom is 0.244 e. The highest BCUT2D eigenvalue weighted by Crippen LogP contribution is 2.20. The maximum atomic E-state index is 5.92. The molecule has 0 saturated carbocycles. The summed E-state index contributed by atoms with van der Waals surface area (Å²) in [6.07, 6.45) is 3.52. The van der Waals surface area contributed by atoms with Gasteiger partial charge in [-0.15, -0.1) is 0 Å². The fourth-order valence-electron chi connectivity index (χ4n) is 1.31. The van der Waals surface area contributed by atoms with E-state index in [9.17, 15) is 0 Å². The van der Waals surface area contributed by atoms with Crippen molar-refractivity contribution in [1.82, 2.24) is 19.9 Å². The first-order valence-electron chi connectivity index (χ1n) is 5.16. The van der Waals surface area contributed by atoms with Crippen molar-refractivity contribution >= 4 is 0 Å². The highest BCUT2D eigenvalue weighted by atomic mass is 16.5. The lowest BCUT2D eigenvalue weighted by Crippen LogP contribution is -2.16. The third kappa shape index (κ3) is 1.96. The first-order valence-corrected chi connectivity index (χ1v) is 5.16. The van der Waals surface area contributed by atoms with E-state index in [1.54, 1.807) is 10.9 Å². The van der Waals surface area contributed by atoms with E-state index in [4.69, 9.17) is 10.3 Å². The number of hydrogen-bond acceptors (Lipinski definition) is 5. The summed E-state index contributed by atoms with van der Waals surface area (Å²) in [4.78, 5) is 4.26. The highest BCUT2D eigenvalue weighted by molar-refractivity contribution is 5.51. The summed E-state index contributed by atoms with van der Waals surface area (Å²) in [7, 11) is 1.84. The minimum absolute atomic E-state index is 0.224. The van der Waals surface area contributed by atoms with Gasteiger partial charge in [0.1, 0.15) is 0 Å². The van der Waals surface area contributed by atoms with E-state index in [1.807, 2.05) is 27.1 Å². The van der Waals surface area contributed by atoms with Crippen molar-refractivity contribution in [3.8, 4) is 11.4 Å². The Kier molecular flexibility index (Phi) is 2.74. The van der Waals surface area contributed by atoms with Crippen LogP contribution >= 0.6 is 0 Å². The largest absolute Gasteiger partial charge is 0.337 e. The first kappa shape index (κ1) is 10.8. The standard InChI is InChI=1S/C10H15N5O/c1-6(2)8(11)10-13-9(14-16-10)7-4-12-15(3)5-7/h4-6,8H,11H2,1-3H3/t8-/m0/s1. The van der Waals surface area contributed by atoms with Crippen molar-refractivity contribution in [2.24, 2.45) is 18.7 Å². The van der Waals surface area contributed by atoms with Crippen LogP contribution in [0.4, 0.5) is 0 Å². The van der Waals surface area contributed by atoms with Gasteiger partial charge >= 0.3 is 0 Å². The summed E-state index contributed by atoms with van der Waals surface area (Å²) < 4.78 is 6.82. The van der Waals surface area contributed by atoms with Gasteiger partial charge in [0.05, 0.1) is 17.8 Å². The van der Waals surface area contributed by atoms with Crippen molar-refractivity contribution in [1.29, 1.82) is 0 Å². The summed E-state index contributed by atoms with van der Waals surface area (Å²) in [6, 6.07) is -0.224. The second kappa shape index (κ2) is 4.05. The number of nitrogens with two attached hydrogens (primary N) is 1. The van der Waals surface area contributed by atoms with Crippen LogP contribution in [0.1, 0.15) is 25.8 Å². The van der Waals surface area contributed by atoms with Gasteiger partial charge in [-0.2, -0.15) is 10.1 Å². The van der Waals surface area contributed by atoms with E-state index in [1.165, 1.54) is 0 Å². The second-order valence-electron chi connectivity index (χ2n) is 4.13. The molecule has 2 aromatic heterocycles. The van der Waals surface area contributed by atoms with E-state index >= 15 is 0 Å². The molecule has 0 fully saturated rings. The molecule has 0 amide bonds. The van der Waals surface area contributed by atoms with E-state index in [-0.39, 0.29) is 12.0 Å². The molecule has 2 N–H and O–H groups in total. The number of nitrogens with zero attached hydrogens (tertiary/aromatic N) is 4. The monoisotopic (exact) mass is 221 g/mol. The normalized spacial score (nSPS) is 13.3. The molecule has 0 saturated heterocycles. The molecular weight excluding hydrogens is 206 g/mol. The van der Waals surface area contributed by atoms with Crippen molar-refractivity contribution < 1.29 is 4.52 Å². The van der Waals surface area contributed by atoms with Crippen molar-refractivity contribution in [2.75, 3.05) is 0 Å². The molecule has 2 rings (SSSR count). The first-order chi connectivity index (χ1) is 7.58. The molecular formula is C10H15N5O. The topological polar surface area (TPSA) is 82.8 Å². The Bertz CT molecular complexity index is 473. The van der Waals surface area contributed by atoms with Gasteiger partial charge in [0.25, 0.3) is 0 Å². The molecule has 6 heteroatoms. The summed E-state index contributed by atoms with van der Waals surface area (Å²) in [5.74, 6) is 1.26. The van der Waals surface area contributed by atoms with Crippen LogP contribution in [0.5, 0.6) is 0 Å². The molecule has 0 aliphatic carbocycles. The van der Waals surface area contributed by atoms with Gasteiger partial charge < -0.3 is 10.3 Å². The smallest absolute Gasteiger partial charge is 0.244 e. The molecule has 2 heterocycles. The Morgan fingerprint density at radius 1 is 1.44 bits per heavy atom. The van der Waals surface area contributed by atoms with Crippen LogP contribution in [0.3, 0.4) is 0 Å². The number of aryl methyl sites for hydroxylation is 1. The van der Waals surface area contributed by atoms with E-state index in [0.717, 1.165) is 5.56 Å². The summed E-state index contributed by atoms with van der Waals surface area (Å²) in [5.41, 5.74) is 6.74. The van der Waals surface area contributed by atoms with Crippen LogP contribution < -0.4 is 5.73 Å². The minimum Gasteiger partial charge on any atom is -0.337 e. The molecule has 16 heavy (non-hydrogen) atoms. The van der Waals surface area contributed by atoms with Crippen LogP contribution in [0.15, 0.2) is 16.9 Å². The Morgan fingerprint density at radius 3 is 2.75 bits per heavy atom. The zero-order valence-electron chi connectivity index (χ0n) is 9.58. The van der Waals surface area contributed by atoms with Gasteiger partial charge in [0, 0.05) is 13.2 Å². The van der Waals surface area contributed by atoms with Crippen molar-refractivity contribution in [3.05, 3.63) is 18.3 Å². The van der Waals surface area contributed by atoms with E-state index in [2.05, 4.69) is 15.2 Å². The molecule has 0 aliphatic heterocycles. The van der Waals surface area contributed by atoms with Crippen LogP contribution in [0, 0.1) is 5.92 Å². The zero-order chi connectivity index (χ0) is 11.7. The third-order valence-corrected chi connectivity index (χ3v) is 2.41. The van der Waals surface area contributed by atoms with Crippen LogP contribution in [-0.4, -0.2) is 19.9 Å². The molecule has 0 aliphatic rings. The lowest BCUT2D eigenvalue weighted by molar-refractivity contribution is 0.325. The van der Waals surface area contributed by atoms with Crippen molar-refractivity contribution in [2.45, 2.75) is 19.9 Å². The molecule has 0 aromatic carbocycles. The van der Waals surface area contributed by atoms with Crippen LogP contribution in [0.2, 0.25) is 0 Å². The maximum absolute atomic E-state index is 5.92. The molecule has 6 nitrogen and oxygen atoms in total. The summed E-state index contributed by atoms with van der Waals surface area (Å²) in [5, 5.41) is 7.93. The average molecular weight is 221 g/mol. The average Bonchev–Trinajstić information content (AvgIpc) is 2.84. The minimum atomic E-state index is -0.224. The Labute approximate surface area is 93.4 Å². The van der Waals surface area contributed by atoms with E-state index in [0.29, 0.717) is 11.7 Å². The predicted molar refractivity (Wildman–Crippen MR) is 58.3 cm³/mol. The Balaban J connectivity index is 2.26. The van der Waals surface area contributed by atoms with Gasteiger partial charge in [0.15, 0.2) is 0 Å². The molecule has 0 radical (unpaired) electrons. The van der Waals surface area contributed by atoms with Gasteiger partial charge in [-0.25, -0.2) is 0 Å². The molecule has 0 bridgehead atoms.